The molecule has 3 aromatic rings. The van der Waals surface area contributed by atoms with E-state index in [0.29, 0.717) is 13.1 Å². The molecule has 1 amide bonds. The van der Waals surface area contributed by atoms with Gasteiger partial charge in [0.15, 0.2) is 4.84 Å². The lowest BCUT2D eigenvalue weighted by Crippen LogP contribution is -2.34. The maximum absolute atomic E-state index is 12.5. The van der Waals surface area contributed by atoms with E-state index in [-0.39, 0.29) is 5.91 Å². The molecule has 0 bridgehead atoms. The predicted octanol–water partition coefficient (Wildman–Crippen LogP) is 4.87. The van der Waals surface area contributed by atoms with Gasteiger partial charge in [-0.15, -0.1) is 0 Å². The fourth-order valence-electron chi connectivity index (χ4n) is 2.88. The van der Waals surface area contributed by atoms with Crippen LogP contribution in [0.25, 0.3) is 0 Å². The van der Waals surface area contributed by atoms with E-state index in [4.69, 9.17) is 23.2 Å². The summed E-state index contributed by atoms with van der Waals surface area (Å²) in [6.07, 6.45) is 2.02. The van der Waals surface area contributed by atoms with Gasteiger partial charge < -0.3 is 9.47 Å². The number of carbonyl (C=O) groups is 1. The molecule has 0 saturated carbocycles. The fourth-order valence-corrected chi connectivity index (χ4v) is 3.15. The van der Waals surface area contributed by atoms with Crippen LogP contribution in [0.15, 0.2) is 79.0 Å². The third kappa shape index (κ3) is 4.90. The van der Waals surface area contributed by atoms with E-state index in [9.17, 15) is 4.79 Å². The summed E-state index contributed by atoms with van der Waals surface area (Å²) in [5.41, 5.74) is 3.28. The van der Waals surface area contributed by atoms with E-state index in [1.165, 1.54) is 5.56 Å². The Labute approximate surface area is 163 Å². The van der Waals surface area contributed by atoms with Crippen LogP contribution in [0, 0.1) is 0 Å². The zero-order chi connectivity index (χ0) is 18.4. The van der Waals surface area contributed by atoms with Gasteiger partial charge in [-0.3, -0.25) is 4.79 Å². The Balaban J connectivity index is 1.79. The van der Waals surface area contributed by atoms with E-state index in [0.717, 1.165) is 17.8 Å². The monoisotopic (exact) mass is 386 g/mol. The largest absolute Gasteiger partial charge is 0.345 e. The van der Waals surface area contributed by atoms with E-state index in [2.05, 4.69) is 16.7 Å². The van der Waals surface area contributed by atoms with Crippen molar-refractivity contribution in [1.82, 2.24) is 9.47 Å². The highest BCUT2D eigenvalue weighted by molar-refractivity contribution is 6.53. The maximum Gasteiger partial charge on any atom is 0.256 e. The number of halogens is 2. The molecule has 0 atom stereocenters. The van der Waals surface area contributed by atoms with Crippen LogP contribution in [-0.2, 0) is 24.4 Å². The third-order valence-electron chi connectivity index (χ3n) is 4.19. The van der Waals surface area contributed by atoms with Crippen LogP contribution < -0.4 is 0 Å². The van der Waals surface area contributed by atoms with Gasteiger partial charge >= 0.3 is 0 Å². The Morgan fingerprint density at radius 1 is 0.846 bits per heavy atom. The molecule has 0 aliphatic heterocycles. The van der Waals surface area contributed by atoms with Gasteiger partial charge in [0.1, 0.15) is 0 Å². The topological polar surface area (TPSA) is 25.2 Å². The maximum atomic E-state index is 12.5. The van der Waals surface area contributed by atoms with Crippen molar-refractivity contribution in [2.75, 3.05) is 0 Å². The molecule has 1 heterocycles. The zero-order valence-corrected chi connectivity index (χ0v) is 15.8. The van der Waals surface area contributed by atoms with Crippen LogP contribution in [0.1, 0.15) is 16.8 Å². The molecular weight excluding hydrogens is 367 g/mol. The number of hydrogen-bond acceptors (Lipinski definition) is 1. The molecule has 2 aromatic carbocycles. The Hall–Kier alpha value is -2.23. The highest BCUT2D eigenvalue weighted by Crippen LogP contribution is 2.17. The van der Waals surface area contributed by atoms with Gasteiger partial charge in [-0.2, -0.15) is 0 Å². The van der Waals surface area contributed by atoms with E-state index < -0.39 is 4.84 Å². The summed E-state index contributed by atoms with van der Waals surface area (Å²) in [5, 5.41) is 0. The molecule has 26 heavy (non-hydrogen) atoms. The van der Waals surface area contributed by atoms with E-state index >= 15 is 0 Å². The van der Waals surface area contributed by atoms with Crippen LogP contribution in [0.2, 0.25) is 0 Å². The second kappa shape index (κ2) is 8.93. The van der Waals surface area contributed by atoms with Crippen molar-refractivity contribution in [2.24, 2.45) is 0 Å². The number of hydrogen-bond donors (Lipinski definition) is 0. The van der Waals surface area contributed by atoms with Crippen molar-refractivity contribution in [3.05, 3.63) is 95.8 Å². The third-order valence-corrected chi connectivity index (χ3v) is 4.56. The number of amides is 1. The average molecular weight is 387 g/mol. The van der Waals surface area contributed by atoms with Gasteiger partial charge in [0.2, 0.25) is 0 Å². The number of carbonyl (C=O) groups excluding carboxylic acids is 1. The quantitative estimate of drug-likeness (QED) is 0.531. The summed E-state index contributed by atoms with van der Waals surface area (Å²) in [5.74, 6) is -0.287. The second-order valence-corrected chi connectivity index (χ2v) is 7.19. The lowest BCUT2D eigenvalue weighted by Gasteiger charge is -2.24. The summed E-state index contributed by atoms with van der Waals surface area (Å²) in [6.45, 7) is 1.66. The molecule has 0 spiro atoms. The van der Waals surface area contributed by atoms with Gasteiger partial charge in [-0.25, -0.2) is 0 Å². The molecule has 1 aromatic heterocycles. The molecule has 3 nitrogen and oxygen atoms in total. The van der Waals surface area contributed by atoms with Crippen molar-refractivity contribution < 1.29 is 4.79 Å². The first-order valence-corrected chi connectivity index (χ1v) is 9.29. The highest BCUT2D eigenvalue weighted by atomic mass is 35.5. The zero-order valence-electron chi connectivity index (χ0n) is 14.3. The van der Waals surface area contributed by atoms with Gasteiger partial charge in [0.25, 0.3) is 5.91 Å². The van der Waals surface area contributed by atoms with Crippen LogP contribution in [-0.4, -0.2) is 20.2 Å². The Morgan fingerprint density at radius 2 is 1.46 bits per heavy atom. The Kier molecular flexibility index (Phi) is 6.37. The molecule has 0 radical (unpaired) electrons. The molecular formula is C21H20Cl2N2O. The Morgan fingerprint density at radius 3 is 2.08 bits per heavy atom. The van der Waals surface area contributed by atoms with Crippen molar-refractivity contribution >= 4 is 29.1 Å². The van der Waals surface area contributed by atoms with Crippen molar-refractivity contribution in [3.8, 4) is 0 Å². The molecule has 134 valence electrons. The normalized spacial score (nSPS) is 10.9. The first-order valence-electron chi connectivity index (χ1n) is 8.42. The first kappa shape index (κ1) is 18.6. The lowest BCUT2D eigenvalue weighted by atomic mass is 10.2. The minimum atomic E-state index is -1.07. The van der Waals surface area contributed by atoms with Gasteiger partial charge in [0, 0.05) is 25.0 Å². The SMILES string of the molecule is O=C(C(Cl)Cl)N(Cc1ccccc1)Cc1cccn1Cc1ccccc1. The minimum absolute atomic E-state index is 0.287. The molecule has 0 aliphatic rings. The van der Waals surface area contributed by atoms with Crippen LogP contribution in [0.3, 0.4) is 0 Å². The van der Waals surface area contributed by atoms with Gasteiger partial charge in [-0.05, 0) is 23.3 Å². The second-order valence-electron chi connectivity index (χ2n) is 6.09. The molecule has 0 fully saturated rings. The fraction of sp³-hybridized carbons (Fsp3) is 0.190. The minimum Gasteiger partial charge on any atom is -0.345 e. The Bertz CT molecular complexity index is 831. The van der Waals surface area contributed by atoms with E-state index in [1.54, 1.807) is 4.90 Å². The lowest BCUT2D eigenvalue weighted by molar-refractivity contribution is -0.130. The number of benzene rings is 2. The van der Waals surface area contributed by atoms with Crippen LogP contribution >= 0.6 is 23.2 Å². The number of aromatic nitrogens is 1. The molecule has 0 aliphatic carbocycles. The first-order chi connectivity index (χ1) is 12.6. The van der Waals surface area contributed by atoms with Crippen LogP contribution in [0.5, 0.6) is 0 Å². The molecule has 0 unspecified atom stereocenters. The summed E-state index contributed by atoms with van der Waals surface area (Å²) in [7, 11) is 0. The summed E-state index contributed by atoms with van der Waals surface area (Å²) >= 11 is 11.7. The number of alkyl halides is 2. The molecule has 0 N–H and O–H groups in total. The average Bonchev–Trinajstić information content (AvgIpc) is 3.09. The van der Waals surface area contributed by atoms with Crippen molar-refractivity contribution in [2.45, 2.75) is 24.5 Å². The standard InChI is InChI=1S/C21H20Cl2N2O/c22-20(23)21(26)25(15-18-10-5-2-6-11-18)16-19-12-7-13-24(19)14-17-8-3-1-4-9-17/h1-13,20H,14-16H2. The molecule has 3 rings (SSSR count). The highest BCUT2D eigenvalue weighted by Gasteiger charge is 2.21. The van der Waals surface area contributed by atoms with Crippen LogP contribution in [0.4, 0.5) is 0 Å². The summed E-state index contributed by atoms with van der Waals surface area (Å²) in [6, 6.07) is 24.1. The van der Waals surface area contributed by atoms with E-state index in [1.807, 2.05) is 66.9 Å². The van der Waals surface area contributed by atoms with Crippen molar-refractivity contribution in [3.63, 3.8) is 0 Å². The molecule has 0 saturated heterocycles. The molecule has 5 heteroatoms. The predicted molar refractivity (Wildman–Crippen MR) is 106 cm³/mol. The van der Waals surface area contributed by atoms with Crippen molar-refractivity contribution in [1.29, 1.82) is 0 Å². The smallest absolute Gasteiger partial charge is 0.256 e. The number of rotatable bonds is 7. The van der Waals surface area contributed by atoms with Gasteiger partial charge in [0.05, 0.1) is 6.54 Å². The number of nitrogens with zero attached hydrogens (tertiary/aromatic N) is 2. The summed E-state index contributed by atoms with van der Waals surface area (Å²) < 4.78 is 2.14. The summed E-state index contributed by atoms with van der Waals surface area (Å²) in [4.78, 5) is 13.1. The van der Waals surface area contributed by atoms with Gasteiger partial charge in [-0.1, -0.05) is 83.9 Å².